The molecule has 1 aliphatic carbocycles. The first kappa shape index (κ1) is 8.51. The maximum atomic E-state index is 13.2. The molecule has 13 heavy (non-hydrogen) atoms. The molecule has 1 aromatic rings. The van der Waals surface area contributed by atoms with E-state index in [1.54, 1.807) is 6.92 Å². The Morgan fingerprint density at radius 2 is 2.31 bits per heavy atom. The van der Waals surface area contributed by atoms with Gasteiger partial charge in [-0.05, 0) is 31.4 Å². The van der Waals surface area contributed by atoms with E-state index in [2.05, 4.69) is 0 Å². The number of aryl methyl sites for hydroxylation is 1. The van der Waals surface area contributed by atoms with Gasteiger partial charge in [0.2, 0.25) is 0 Å². The van der Waals surface area contributed by atoms with Crippen LogP contribution >= 0.6 is 0 Å². The Kier molecular flexibility index (Phi) is 1.77. The third-order valence-corrected chi connectivity index (χ3v) is 2.71. The summed E-state index contributed by atoms with van der Waals surface area (Å²) in [4.78, 5) is 0. The molecule has 0 spiro atoms. The minimum Gasteiger partial charge on any atom is -0.507 e. The monoisotopic (exact) mass is 181 g/mol. The Morgan fingerprint density at radius 3 is 3.00 bits per heavy atom. The van der Waals surface area contributed by atoms with Crippen LogP contribution in [0.15, 0.2) is 6.07 Å². The molecular formula is C10H12FNO. The Hall–Kier alpha value is -1.09. The zero-order valence-corrected chi connectivity index (χ0v) is 7.47. The standard InChI is InChI=1S/C10H12FNO/c1-5-7(11)4-6-2-3-8(12)9(6)10(5)13/h4,8,13H,2-3,12H2,1H3/t8-/m1/s1. The van der Waals surface area contributed by atoms with Gasteiger partial charge in [-0.3, -0.25) is 0 Å². The van der Waals surface area contributed by atoms with Gasteiger partial charge in [0.1, 0.15) is 11.6 Å². The molecule has 0 amide bonds. The van der Waals surface area contributed by atoms with Gasteiger partial charge in [0.15, 0.2) is 0 Å². The van der Waals surface area contributed by atoms with Crippen molar-refractivity contribution in [1.82, 2.24) is 0 Å². The maximum Gasteiger partial charge on any atom is 0.130 e. The molecule has 0 saturated heterocycles. The Balaban J connectivity index is 2.68. The summed E-state index contributed by atoms with van der Waals surface area (Å²) in [6.45, 7) is 1.57. The lowest BCUT2D eigenvalue weighted by Crippen LogP contribution is -2.06. The molecular weight excluding hydrogens is 169 g/mol. The number of hydrogen-bond donors (Lipinski definition) is 2. The number of benzene rings is 1. The Labute approximate surface area is 76.2 Å². The van der Waals surface area contributed by atoms with Crippen molar-refractivity contribution in [3.63, 3.8) is 0 Å². The van der Waals surface area contributed by atoms with Crippen molar-refractivity contribution >= 4 is 0 Å². The molecule has 2 nitrogen and oxygen atoms in total. The summed E-state index contributed by atoms with van der Waals surface area (Å²) in [5.41, 5.74) is 7.68. The molecule has 2 rings (SSSR count). The third-order valence-electron chi connectivity index (χ3n) is 2.71. The molecule has 0 fully saturated rings. The topological polar surface area (TPSA) is 46.2 Å². The van der Waals surface area contributed by atoms with Crippen molar-refractivity contribution in [2.45, 2.75) is 25.8 Å². The fourth-order valence-electron chi connectivity index (χ4n) is 1.88. The van der Waals surface area contributed by atoms with Gasteiger partial charge in [-0.15, -0.1) is 0 Å². The van der Waals surface area contributed by atoms with Crippen LogP contribution in [0, 0.1) is 12.7 Å². The summed E-state index contributed by atoms with van der Waals surface area (Å²) in [6.07, 6.45) is 1.56. The molecule has 0 aromatic heterocycles. The highest BCUT2D eigenvalue weighted by molar-refractivity contribution is 5.49. The van der Waals surface area contributed by atoms with E-state index in [1.807, 2.05) is 0 Å². The van der Waals surface area contributed by atoms with Crippen LogP contribution in [0.5, 0.6) is 5.75 Å². The zero-order valence-electron chi connectivity index (χ0n) is 7.47. The number of rotatable bonds is 0. The summed E-state index contributed by atoms with van der Waals surface area (Å²) in [5.74, 6) is -0.301. The van der Waals surface area contributed by atoms with Crippen LogP contribution in [0.2, 0.25) is 0 Å². The molecule has 1 aromatic carbocycles. The van der Waals surface area contributed by atoms with Gasteiger partial charge in [0.05, 0.1) is 0 Å². The van der Waals surface area contributed by atoms with Crippen LogP contribution in [0.1, 0.15) is 29.2 Å². The number of aromatic hydroxyl groups is 1. The van der Waals surface area contributed by atoms with E-state index in [-0.39, 0.29) is 17.6 Å². The average molecular weight is 181 g/mol. The van der Waals surface area contributed by atoms with Crippen molar-refractivity contribution in [2.24, 2.45) is 5.73 Å². The highest BCUT2D eigenvalue weighted by Crippen LogP contribution is 2.38. The Bertz CT molecular complexity index is 362. The van der Waals surface area contributed by atoms with E-state index in [0.29, 0.717) is 5.56 Å². The largest absolute Gasteiger partial charge is 0.507 e. The quantitative estimate of drug-likeness (QED) is 0.641. The van der Waals surface area contributed by atoms with Crippen LogP contribution in [-0.4, -0.2) is 5.11 Å². The first-order chi connectivity index (χ1) is 6.11. The Morgan fingerprint density at radius 1 is 1.62 bits per heavy atom. The van der Waals surface area contributed by atoms with E-state index in [4.69, 9.17) is 5.73 Å². The molecule has 3 N–H and O–H groups in total. The van der Waals surface area contributed by atoms with Crippen molar-refractivity contribution in [2.75, 3.05) is 0 Å². The zero-order chi connectivity index (χ0) is 9.59. The van der Waals surface area contributed by atoms with Gasteiger partial charge in [0, 0.05) is 17.2 Å². The van der Waals surface area contributed by atoms with Gasteiger partial charge in [-0.1, -0.05) is 0 Å². The SMILES string of the molecule is Cc1c(F)cc2c(c1O)[C@H](N)CC2. The summed E-state index contributed by atoms with van der Waals surface area (Å²) in [6, 6.07) is 1.35. The average Bonchev–Trinajstić information content (AvgIpc) is 2.43. The van der Waals surface area contributed by atoms with E-state index >= 15 is 0 Å². The minimum atomic E-state index is -0.342. The van der Waals surface area contributed by atoms with Gasteiger partial charge in [-0.2, -0.15) is 0 Å². The summed E-state index contributed by atoms with van der Waals surface area (Å²) >= 11 is 0. The number of phenols is 1. The second-order valence-electron chi connectivity index (χ2n) is 3.55. The second-order valence-corrected chi connectivity index (χ2v) is 3.55. The van der Waals surface area contributed by atoms with Crippen LogP contribution in [0.4, 0.5) is 4.39 Å². The van der Waals surface area contributed by atoms with Crippen molar-refractivity contribution < 1.29 is 9.50 Å². The van der Waals surface area contributed by atoms with E-state index in [1.165, 1.54) is 6.07 Å². The van der Waals surface area contributed by atoms with Gasteiger partial charge in [-0.25, -0.2) is 4.39 Å². The molecule has 0 bridgehead atoms. The molecule has 1 atom stereocenters. The molecule has 0 unspecified atom stereocenters. The number of fused-ring (bicyclic) bond motifs is 1. The van der Waals surface area contributed by atoms with Crippen LogP contribution in [0.3, 0.4) is 0 Å². The highest BCUT2D eigenvalue weighted by atomic mass is 19.1. The molecule has 0 heterocycles. The first-order valence-corrected chi connectivity index (χ1v) is 4.37. The molecule has 0 aliphatic heterocycles. The van der Waals surface area contributed by atoms with Gasteiger partial charge >= 0.3 is 0 Å². The molecule has 3 heteroatoms. The predicted octanol–water partition coefficient (Wildman–Crippen LogP) is 1.79. The van der Waals surface area contributed by atoms with Crippen molar-refractivity contribution in [3.8, 4) is 5.75 Å². The normalized spacial score (nSPS) is 20.4. The second kappa shape index (κ2) is 2.70. The highest BCUT2D eigenvalue weighted by Gasteiger charge is 2.25. The molecule has 70 valence electrons. The summed E-state index contributed by atoms with van der Waals surface area (Å²) in [7, 11) is 0. The maximum absolute atomic E-state index is 13.2. The van der Waals surface area contributed by atoms with Crippen molar-refractivity contribution in [3.05, 3.63) is 28.6 Å². The molecule has 0 radical (unpaired) electrons. The number of halogens is 1. The molecule has 0 saturated carbocycles. The number of phenolic OH excluding ortho intramolecular Hbond substituents is 1. The van der Waals surface area contributed by atoms with E-state index < -0.39 is 0 Å². The lowest BCUT2D eigenvalue weighted by molar-refractivity contribution is 0.452. The fraction of sp³-hybridized carbons (Fsp3) is 0.400. The smallest absolute Gasteiger partial charge is 0.130 e. The van der Waals surface area contributed by atoms with E-state index in [9.17, 15) is 9.50 Å². The minimum absolute atomic E-state index is 0.0417. The number of hydrogen-bond acceptors (Lipinski definition) is 2. The lowest BCUT2D eigenvalue weighted by atomic mass is 10.0. The predicted molar refractivity (Wildman–Crippen MR) is 48.1 cm³/mol. The molecule has 1 aliphatic rings. The third kappa shape index (κ3) is 1.11. The first-order valence-electron chi connectivity index (χ1n) is 4.37. The summed E-state index contributed by atoms with van der Waals surface area (Å²) < 4.78 is 13.2. The number of nitrogens with two attached hydrogens (primary N) is 1. The van der Waals surface area contributed by atoms with Crippen LogP contribution in [-0.2, 0) is 6.42 Å². The fourth-order valence-corrected chi connectivity index (χ4v) is 1.88. The van der Waals surface area contributed by atoms with Gasteiger partial charge < -0.3 is 10.8 Å². The van der Waals surface area contributed by atoms with Crippen molar-refractivity contribution in [1.29, 1.82) is 0 Å². The van der Waals surface area contributed by atoms with Crippen LogP contribution in [0.25, 0.3) is 0 Å². The van der Waals surface area contributed by atoms with Crippen LogP contribution < -0.4 is 5.73 Å². The lowest BCUT2D eigenvalue weighted by Gasteiger charge is -2.10. The summed E-state index contributed by atoms with van der Waals surface area (Å²) in [5, 5.41) is 9.65. The van der Waals surface area contributed by atoms with E-state index in [0.717, 1.165) is 24.0 Å². The van der Waals surface area contributed by atoms with Gasteiger partial charge in [0.25, 0.3) is 0 Å².